The van der Waals surface area contributed by atoms with Gasteiger partial charge in [0, 0.05) is 6.54 Å². The molecule has 0 aliphatic rings. The third-order valence-corrected chi connectivity index (χ3v) is 4.25. The summed E-state index contributed by atoms with van der Waals surface area (Å²) < 4.78 is 26.1. The zero-order chi connectivity index (χ0) is 13.2. The SMILES string of the molecule is CC(C)CNS(=O)(=O)c1ccc(Cl)c(Cl)c1O. The van der Waals surface area contributed by atoms with E-state index in [0.717, 1.165) is 0 Å². The quantitative estimate of drug-likeness (QED) is 0.898. The zero-order valence-electron chi connectivity index (χ0n) is 9.37. The van der Waals surface area contributed by atoms with Crippen LogP contribution in [0.15, 0.2) is 17.0 Å². The molecule has 1 rings (SSSR count). The number of phenolic OH excluding ortho intramolecular Hbond substituents is 1. The average molecular weight is 298 g/mol. The number of hydrogen-bond acceptors (Lipinski definition) is 3. The van der Waals surface area contributed by atoms with Crippen LogP contribution in [0.25, 0.3) is 0 Å². The molecule has 0 heterocycles. The standard InChI is InChI=1S/C10H13Cl2NO3S/c1-6(2)5-13-17(15,16)8-4-3-7(11)9(12)10(8)14/h3-4,6,13-14H,5H2,1-2H3. The molecule has 0 unspecified atom stereocenters. The maximum absolute atomic E-state index is 11.8. The van der Waals surface area contributed by atoms with Crippen molar-refractivity contribution in [1.82, 2.24) is 4.72 Å². The van der Waals surface area contributed by atoms with Gasteiger partial charge in [0.2, 0.25) is 10.0 Å². The van der Waals surface area contributed by atoms with Crippen LogP contribution in [0.4, 0.5) is 0 Å². The molecule has 1 aromatic rings. The molecule has 17 heavy (non-hydrogen) atoms. The molecule has 96 valence electrons. The lowest BCUT2D eigenvalue weighted by atomic mass is 10.2. The predicted octanol–water partition coefficient (Wildman–Crippen LogP) is 2.63. The number of benzene rings is 1. The monoisotopic (exact) mass is 297 g/mol. The van der Waals surface area contributed by atoms with Gasteiger partial charge in [-0.05, 0) is 18.1 Å². The molecule has 0 aliphatic heterocycles. The minimum absolute atomic E-state index is 0.104. The van der Waals surface area contributed by atoms with Crippen LogP contribution >= 0.6 is 23.2 Å². The molecule has 0 aliphatic carbocycles. The summed E-state index contributed by atoms with van der Waals surface area (Å²) >= 11 is 11.3. The van der Waals surface area contributed by atoms with E-state index in [2.05, 4.69) is 4.72 Å². The summed E-state index contributed by atoms with van der Waals surface area (Å²) in [6.07, 6.45) is 0. The number of rotatable bonds is 4. The van der Waals surface area contributed by atoms with Gasteiger partial charge < -0.3 is 5.11 Å². The predicted molar refractivity (Wildman–Crippen MR) is 68.2 cm³/mol. The maximum atomic E-state index is 11.8. The molecule has 0 aromatic heterocycles. The zero-order valence-corrected chi connectivity index (χ0v) is 11.7. The minimum atomic E-state index is -3.77. The summed E-state index contributed by atoms with van der Waals surface area (Å²) in [6.45, 7) is 4.02. The van der Waals surface area contributed by atoms with Crippen LogP contribution < -0.4 is 4.72 Å². The van der Waals surface area contributed by atoms with E-state index in [1.807, 2.05) is 13.8 Å². The van der Waals surface area contributed by atoms with Crippen LogP contribution in [0.5, 0.6) is 5.75 Å². The van der Waals surface area contributed by atoms with Crippen molar-refractivity contribution in [2.75, 3.05) is 6.54 Å². The number of hydrogen-bond donors (Lipinski definition) is 2. The fraction of sp³-hybridized carbons (Fsp3) is 0.400. The highest BCUT2D eigenvalue weighted by Crippen LogP contribution is 2.36. The van der Waals surface area contributed by atoms with Gasteiger partial charge in [0.1, 0.15) is 9.92 Å². The Hall–Kier alpha value is -0.490. The van der Waals surface area contributed by atoms with Crippen LogP contribution in [-0.4, -0.2) is 20.1 Å². The summed E-state index contributed by atoms with van der Waals surface area (Å²) in [5.41, 5.74) is 0. The van der Waals surface area contributed by atoms with Gasteiger partial charge in [-0.2, -0.15) is 0 Å². The number of phenols is 1. The van der Waals surface area contributed by atoms with Gasteiger partial charge in [0.05, 0.1) is 5.02 Å². The van der Waals surface area contributed by atoms with E-state index >= 15 is 0 Å². The molecular formula is C10H13Cl2NO3S. The summed E-state index contributed by atoms with van der Waals surface area (Å²) in [4.78, 5) is -0.271. The first-order chi connectivity index (χ1) is 7.75. The van der Waals surface area contributed by atoms with Crippen LogP contribution in [0.2, 0.25) is 10.0 Å². The molecule has 2 N–H and O–H groups in total. The second-order valence-electron chi connectivity index (χ2n) is 3.95. The first-order valence-electron chi connectivity index (χ1n) is 4.92. The van der Waals surface area contributed by atoms with Crippen LogP contribution in [0.3, 0.4) is 0 Å². The molecule has 1 aromatic carbocycles. The number of sulfonamides is 1. The van der Waals surface area contributed by atoms with E-state index in [1.165, 1.54) is 12.1 Å². The Balaban J connectivity index is 3.12. The highest BCUT2D eigenvalue weighted by molar-refractivity contribution is 7.89. The normalized spacial score (nSPS) is 12.1. The lowest BCUT2D eigenvalue weighted by Crippen LogP contribution is -2.27. The molecule has 4 nitrogen and oxygen atoms in total. The van der Waals surface area contributed by atoms with E-state index in [1.54, 1.807) is 0 Å². The largest absolute Gasteiger partial charge is 0.505 e. The summed E-state index contributed by atoms with van der Waals surface area (Å²) in [5, 5.41) is 9.58. The fourth-order valence-electron chi connectivity index (χ4n) is 1.09. The van der Waals surface area contributed by atoms with E-state index in [0.29, 0.717) is 0 Å². The van der Waals surface area contributed by atoms with Gasteiger partial charge in [-0.25, -0.2) is 13.1 Å². The minimum Gasteiger partial charge on any atom is -0.505 e. The van der Waals surface area contributed by atoms with E-state index in [9.17, 15) is 13.5 Å². The Morgan fingerprint density at radius 1 is 1.35 bits per heavy atom. The molecule has 0 saturated heterocycles. The summed E-state index contributed by atoms with van der Waals surface area (Å²) in [5.74, 6) is -0.370. The first kappa shape index (κ1) is 14.6. The van der Waals surface area contributed by atoms with Crippen LogP contribution in [0, 0.1) is 5.92 Å². The molecule has 0 saturated carbocycles. The lowest BCUT2D eigenvalue weighted by molar-refractivity contribution is 0.457. The van der Waals surface area contributed by atoms with Crippen molar-refractivity contribution in [3.8, 4) is 5.75 Å². The van der Waals surface area contributed by atoms with Crippen molar-refractivity contribution in [3.05, 3.63) is 22.2 Å². The Bertz CT molecular complexity index is 515. The smallest absolute Gasteiger partial charge is 0.244 e. The highest BCUT2D eigenvalue weighted by atomic mass is 35.5. The lowest BCUT2D eigenvalue weighted by Gasteiger charge is -2.11. The van der Waals surface area contributed by atoms with Crippen molar-refractivity contribution in [2.24, 2.45) is 5.92 Å². The fourth-order valence-corrected chi connectivity index (χ4v) is 2.78. The Morgan fingerprint density at radius 2 is 1.94 bits per heavy atom. The maximum Gasteiger partial charge on any atom is 0.244 e. The Labute approximate surface area is 111 Å². The Kier molecular flexibility index (Phi) is 4.66. The molecule has 0 amide bonds. The van der Waals surface area contributed by atoms with Crippen LogP contribution in [-0.2, 0) is 10.0 Å². The molecule has 0 spiro atoms. The number of nitrogens with one attached hydrogen (secondary N) is 1. The summed E-state index contributed by atoms with van der Waals surface area (Å²) in [6, 6.07) is 2.54. The van der Waals surface area contributed by atoms with E-state index in [-0.39, 0.29) is 27.4 Å². The van der Waals surface area contributed by atoms with Gasteiger partial charge in [-0.3, -0.25) is 0 Å². The highest BCUT2D eigenvalue weighted by Gasteiger charge is 2.21. The first-order valence-corrected chi connectivity index (χ1v) is 7.16. The van der Waals surface area contributed by atoms with E-state index in [4.69, 9.17) is 23.2 Å². The molecule has 0 atom stereocenters. The third kappa shape index (κ3) is 3.48. The second kappa shape index (κ2) is 5.44. The van der Waals surface area contributed by atoms with Crippen molar-refractivity contribution in [3.63, 3.8) is 0 Å². The van der Waals surface area contributed by atoms with Gasteiger partial charge in [-0.1, -0.05) is 37.0 Å². The van der Waals surface area contributed by atoms with Gasteiger partial charge in [0.15, 0.2) is 5.75 Å². The Morgan fingerprint density at radius 3 is 2.47 bits per heavy atom. The third-order valence-electron chi connectivity index (χ3n) is 2.00. The topological polar surface area (TPSA) is 66.4 Å². The van der Waals surface area contributed by atoms with Crippen LogP contribution in [0.1, 0.15) is 13.8 Å². The van der Waals surface area contributed by atoms with Gasteiger partial charge in [0.25, 0.3) is 0 Å². The molecule has 7 heteroatoms. The summed E-state index contributed by atoms with van der Waals surface area (Å²) in [7, 11) is -3.77. The van der Waals surface area contributed by atoms with Gasteiger partial charge >= 0.3 is 0 Å². The second-order valence-corrected chi connectivity index (χ2v) is 6.47. The number of halogens is 2. The van der Waals surface area contributed by atoms with Crippen molar-refractivity contribution in [1.29, 1.82) is 0 Å². The van der Waals surface area contributed by atoms with Crippen molar-refractivity contribution >= 4 is 33.2 Å². The molecular weight excluding hydrogens is 285 g/mol. The number of aromatic hydroxyl groups is 1. The van der Waals surface area contributed by atoms with Crippen molar-refractivity contribution in [2.45, 2.75) is 18.7 Å². The molecule has 0 bridgehead atoms. The molecule has 0 radical (unpaired) electrons. The van der Waals surface area contributed by atoms with E-state index < -0.39 is 15.8 Å². The van der Waals surface area contributed by atoms with Crippen molar-refractivity contribution < 1.29 is 13.5 Å². The molecule has 0 fully saturated rings. The van der Waals surface area contributed by atoms with Gasteiger partial charge in [-0.15, -0.1) is 0 Å². The average Bonchev–Trinajstić information content (AvgIpc) is 2.23.